The highest BCUT2D eigenvalue weighted by molar-refractivity contribution is 5.98. The number of halogens is 1. The van der Waals surface area contributed by atoms with Gasteiger partial charge in [-0.25, -0.2) is 4.39 Å². The van der Waals surface area contributed by atoms with Crippen LogP contribution >= 0.6 is 0 Å². The van der Waals surface area contributed by atoms with Crippen LogP contribution in [0.25, 0.3) is 6.08 Å². The first-order valence-corrected chi connectivity index (χ1v) is 9.79. The van der Waals surface area contributed by atoms with Crippen molar-refractivity contribution >= 4 is 17.9 Å². The minimum atomic E-state index is -0.375. The van der Waals surface area contributed by atoms with Gasteiger partial charge in [0.05, 0.1) is 6.04 Å². The summed E-state index contributed by atoms with van der Waals surface area (Å²) >= 11 is 0. The van der Waals surface area contributed by atoms with Crippen molar-refractivity contribution in [1.29, 1.82) is 0 Å². The van der Waals surface area contributed by atoms with Crippen LogP contribution in [0, 0.1) is 5.82 Å². The number of methoxy groups -OCH3 is 1. The Morgan fingerprint density at radius 1 is 1.39 bits per heavy atom. The summed E-state index contributed by atoms with van der Waals surface area (Å²) in [6.45, 7) is 1.07. The minimum absolute atomic E-state index is 0.00314. The van der Waals surface area contributed by atoms with E-state index >= 15 is 0 Å². The zero-order chi connectivity index (χ0) is 19.9. The SMILES string of the molecule is COCCCNC(=O)CN1C(=O)/C(=C\c2cccc(F)c2)OC2CCCCC21. The van der Waals surface area contributed by atoms with Gasteiger partial charge in [-0.2, -0.15) is 0 Å². The van der Waals surface area contributed by atoms with E-state index in [2.05, 4.69) is 5.32 Å². The molecule has 0 bridgehead atoms. The third-order valence-electron chi connectivity index (χ3n) is 5.13. The number of morpholine rings is 1. The Balaban J connectivity index is 1.74. The Morgan fingerprint density at radius 2 is 2.21 bits per heavy atom. The molecule has 7 heteroatoms. The third-order valence-corrected chi connectivity index (χ3v) is 5.13. The van der Waals surface area contributed by atoms with Gasteiger partial charge in [0.2, 0.25) is 5.91 Å². The summed E-state index contributed by atoms with van der Waals surface area (Å²) in [5.41, 5.74) is 0.557. The lowest BCUT2D eigenvalue weighted by Crippen LogP contribution is -2.57. The molecule has 1 aromatic rings. The molecule has 0 spiro atoms. The van der Waals surface area contributed by atoms with Gasteiger partial charge in [0.1, 0.15) is 18.5 Å². The molecule has 6 nitrogen and oxygen atoms in total. The number of ether oxygens (including phenoxy) is 2. The van der Waals surface area contributed by atoms with Gasteiger partial charge in [-0.05, 0) is 49.5 Å². The van der Waals surface area contributed by atoms with Gasteiger partial charge in [0.25, 0.3) is 5.91 Å². The molecule has 1 saturated heterocycles. The van der Waals surface area contributed by atoms with E-state index in [1.54, 1.807) is 30.2 Å². The van der Waals surface area contributed by atoms with Crippen molar-refractivity contribution in [3.8, 4) is 0 Å². The number of carbonyl (C=O) groups excluding carboxylic acids is 2. The first-order chi connectivity index (χ1) is 13.6. The standard InChI is InChI=1S/C21H27FN2O4/c1-27-11-5-10-23-20(25)14-24-17-8-2-3-9-18(17)28-19(21(24)26)13-15-6-4-7-16(22)12-15/h4,6-7,12-13,17-18H,2-3,5,8-11,14H2,1H3,(H,23,25)/b19-13+. The van der Waals surface area contributed by atoms with Crippen molar-refractivity contribution in [3.63, 3.8) is 0 Å². The molecule has 2 amide bonds. The van der Waals surface area contributed by atoms with Crippen LogP contribution in [-0.2, 0) is 19.1 Å². The molecule has 1 aliphatic heterocycles. The van der Waals surface area contributed by atoms with Crippen LogP contribution < -0.4 is 5.32 Å². The average molecular weight is 390 g/mol. The minimum Gasteiger partial charge on any atom is -0.482 e. The van der Waals surface area contributed by atoms with Crippen LogP contribution in [0.5, 0.6) is 0 Å². The van der Waals surface area contributed by atoms with Crippen molar-refractivity contribution in [3.05, 3.63) is 41.4 Å². The number of nitrogens with zero attached hydrogens (tertiary/aromatic N) is 1. The molecule has 3 rings (SSSR count). The van der Waals surface area contributed by atoms with Crippen molar-refractivity contribution in [1.82, 2.24) is 10.2 Å². The van der Waals surface area contributed by atoms with Gasteiger partial charge >= 0.3 is 0 Å². The Labute approximate surface area is 164 Å². The summed E-state index contributed by atoms with van der Waals surface area (Å²) in [4.78, 5) is 27.0. The molecule has 28 heavy (non-hydrogen) atoms. The molecule has 1 aromatic carbocycles. The van der Waals surface area contributed by atoms with Gasteiger partial charge in [-0.1, -0.05) is 18.6 Å². The largest absolute Gasteiger partial charge is 0.482 e. The molecule has 2 aliphatic rings. The molecule has 1 N–H and O–H groups in total. The van der Waals surface area contributed by atoms with E-state index in [1.807, 2.05) is 0 Å². The highest BCUT2D eigenvalue weighted by atomic mass is 19.1. The van der Waals surface area contributed by atoms with Gasteiger partial charge in [-0.15, -0.1) is 0 Å². The molecule has 2 atom stereocenters. The zero-order valence-electron chi connectivity index (χ0n) is 16.2. The number of carbonyl (C=O) groups is 2. The van der Waals surface area contributed by atoms with Crippen LogP contribution in [0.3, 0.4) is 0 Å². The number of nitrogens with one attached hydrogen (secondary N) is 1. The quantitative estimate of drug-likeness (QED) is 0.574. The Morgan fingerprint density at radius 3 is 3.00 bits per heavy atom. The van der Waals surface area contributed by atoms with Gasteiger partial charge in [0.15, 0.2) is 5.76 Å². The molecule has 1 heterocycles. The summed E-state index contributed by atoms with van der Waals surface area (Å²) < 4.78 is 24.4. The van der Waals surface area contributed by atoms with Crippen LogP contribution in [0.15, 0.2) is 30.0 Å². The van der Waals surface area contributed by atoms with Crippen LogP contribution in [0.2, 0.25) is 0 Å². The third kappa shape index (κ3) is 5.10. The maximum atomic E-state index is 13.5. The topological polar surface area (TPSA) is 67.9 Å². The lowest BCUT2D eigenvalue weighted by atomic mass is 9.89. The van der Waals surface area contributed by atoms with Crippen molar-refractivity contribution in [2.24, 2.45) is 0 Å². The van der Waals surface area contributed by atoms with Crippen molar-refractivity contribution < 1.29 is 23.5 Å². The Kier molecular flexibility index (Phi) is 7.03. The van der Waals surface area contributed by atoms with E-state index in [4.69, 9.17) is 9.47 Å². The Bertz CT molecular complexity index is 737. The second kappa shape index (κ2) is 9.68. The molecule has 1 aliphatic carbocycles. The summed E-state index contributed by atoms with van der Waals surface area (Å²) in [7, 11) is 1.61. The molecule has 0 radical (unpaired) electrons. The lowest BCUT2D eigenvalue weighted by Gasteiger charge is -2.44. The Hall–Kier alpha value is -2.41. The number of fused-ring (bicyclic) bond motifs is 1. The molecule has 152 valence electrons. The number of hydrogen-bond acceptors (Lipinski definition) is 4. The monoisotopic (exact) mass is 390 g/mol. The number of amides is 2. The number of rotatable bonds is 7. The number of hydrogen-bond donors (Lipinski definition) is 1. The maximum absolute atomic E-state index is 13.5. The summed E-state index contributed by atoms with van der Waals surface area (Å²) in [5, 5.41) is 2.83. The van der Waals surface area contributed by atoms with E-state index in [1.165, 1.54) is 12.1 Å². The predicted octanol–water partition coefficient (Wildman–Crippen LogP) is 2.49. The van der Waals surface area contributed by atoms with Gasteiger partial charge in [0, 0.05) is 20.3 Å². The van der Waals surface area contributed by atoms with E-state index in [9.17, 15) is 14.0 Å². The maximum Gasteiger partial charge on any atom is 0.289 e. The summed E-state index contributed by atoms with van der Waals surface area (Å²) in [5.74, 6) is -0.721. The molecule has 2 unspecified atom stereocenters. The average Bonchev–Trinajstić information content (AvgIpc) is 2.68. The fourth-order valence-corrected chi connectivity index (χ4v) is 3.76. The highest BCUT2D eigenvalue weighted by Gasteiger charge is 2.42. The van der Waals surface area contributed by atoms with E-state index in [0.717, 1.165) is 32.1 Å². The summed E-state index contributed by atoms with van der Waals surface area (Å²) in [6.07, 6.45) is 5.83. The van der Waals surface area contributed by atoms with Crippen molar-refractivity contribution in [2.75, 3.05) is 26.8 Å². The van der Waals surface area contributed by atoms with Gasteiger partial charge < -0.3 is 19.7 Å². The molecular formula is C21H27FN2O4. The second-order valence-electron chi connectivity index (χ2n) is 7.20. The van der Waals surface area contributed by atoms with E-state index < -0.39 is 0 Å². The normalized spacial score (nSPS) is 23.3. The van der Waals surface area contributed by atoms with Crippen molar-refractivity contribution in [2.45, 2.75) is 44.2 Å². The predicted molar refractivity (Wildman–Crippen MR) is 103 cm³/mol. The van der Waals surface area contributed by atoms with Gasteiger partial charge in [-0.3, -0.25) is 9.59 Å². The van der Waals surface area contributed by atoms with E-state index in [0.29, 0.717) is 18.7 Å². The van der Waals surface area contributed by atoms with Crippen LogP contribution in [0.1, 0.15) is 37.7 Å². The molecule has 0 aromatic heterocycles. The molecule has 1 saturated carbocycles. The first-order valence-electron chi connectivity index (χ1n) is 9.79. The number of benzene rings is 1. The second-order valence-corrected chi connectivity index (χ2v) is 7.20. The zero-order valence-corrected chi connectivity index (χ0v) is 16.2. The smallest absolute Gasteiger partial charge is 0.289 e. The first kappa shape index (κ1) is 20.3. The van der Waals surface area contributed by atoms with Crippen LogP contribution in [-0.4, -0.2) is 55.7 Å². The summed E-state index contributed by atoms with van der Waals surface area (Å²) in [6, 6.07) is 5.90. The molecular weight excluding hydrogens is 363 g/mol. The molecule has 2 fully saturated rings. The van der Waals surface area contributed by atoms with Crippen LogP contribution in [0.4, 0.5) is 4.39 Å². The fourth-order valence-electron chi connectivity index (χ4n) is 3.76. The fraction of sp³-hybridized carbons (Fsp3) is 0.524. The lowest BCUT2D eigenvalue weighted by molar-refractivity contribution is -0.151. The highest BCUT2D eigenvalue weighted by Crippen LogP contribution is 2.33. The van der Waals surface area contributed by atoms with E-state index in [-0.39, 0.29) is 42.1 Å².